The minimum atomic E-state index is -0.547. The van der Waals surface area contributed by atoms with Crippen LogP contribution in [0.3, 0.4) is 0 Å². The van der Waals surface area contributed by atoms with Gasteiger partial charge in [-0.05, 0) is 43.4 Å². The number of rotatable bonds is 3. The summed E-state index contributed by atoms with van der Waals surface area (Å²) in [4.78, 5) is 26.8. The summed E-state index contributed by atoms with van der Waals surface area (Å²) in [5, 5.41) is 0.986. The number of hydrogen-bond donors (Lipinski definition) is 1. The zero-order valence-corrected chi connectivity index (χ0v) is 11.8. The number of nitrogens with one attached hydrogen (secondary N) is 1. The van der Waals surface area contributed by atoms with E-state index in [0.29, 0.717) is 21.8 Å². The normalized spacial score (nSPS) is 14.5. The van der Waals surface area contributed by atoms with Gasteiger partial charge in [-0.3, -0.25) is 4.79 Å². The Morgan fingerprint density at radius 3 is 2.80 bits per heavy atom. The molecule has 1 aromatic carbocycles. The molecule has 0 saturated heterocycles. The third-order valence-corrected chi connectivity index (χ3v) is 3.76. The van der Waals surface area contributed by atoms with Gasteiger partial charge in [0.1, 0.15) is 5.69 Å². The quantitative estimate of drug-likeness (QED) is 0.883. The van der Waals surface area contributed by atoms with Crippen LogP contribution in [-0.4, -0.2) is 17.6 Å². The van der Waals surface area contributed by atoms with E-state index in [2.05, 4.69) is 4.98 Å². The van der Waals surface area contributed by atoms with Crippen LogP contribution in [-0.2, 0) is 4.74 Å². The average molecular weight is 292 g/mol. The summed E-state index contributed by atoms with van der Waals surface area (Å²) in [6.07, 6.45) is 2.28. The van der Waals surface area contributed by atoms with Crippen molar-refractivity contribution in [2.45, 2.75) is 25.7 Å². The first kappa shape index (κ1) is 13.2. The van der Waals surface area contributed by atoms with Gasteiger partial charge in [-0.2, -0.15) is 0 Å². The van der Waals surface area contributed by atoms with Gasteiger partial charge < -0.3 is 9.72 Å². The predicted octanol–water partition coefficient (Wildman–Crippen LogP) is 3.24. The van der Waals surface area contributed by atoms with Gasteiger partial charge in [0.2, 0.25) is 0 Å². The number of hydrogen-bond acceptors (Lipinski definition) is 3. The number of esters is 1. The van der Waals surface area contributed by atoms with Crippen LogP contribution >= 0.6 is 11.6 Å². The molecule has 0 radical (unpaired) electrons. The minimum absolute atomic E-state index is 0.130. The van der Waals surface area contributed by atoms with E-state index in [9.17, 15) is 9.59 Å². The topological polar surface area (TPSA) is 59.2 Å². The first-order chi connectivity index (χ1) is 9.60. The molecule has 0 aliphatic heterocycles. The first-order valence-corrected chi connectivity index (χ1v) is 7.01. The van der Waals surface area contributed by atoms with Gasteiger partial charge in [0.05, 0.1) is 17.1 Å². The number of carbonyl (C=O) groups is 1. The first-order valence-electron chi connectivity index (χ1n) is 6.63. The third kappa shape index (κ3) is 2.31. The highest BCUT2D eigenvalue weighted by Crippen LogP contribution is 2.41. The van der Waals surface area contributed by atoms with Crippen LogP contribution in [0.4, 0.5) is 0 Å². The number of H-pyrrole nitrogens is 1. The Morgan fingerprint density at radius 2 is 2.15 bits per heavy atom. The average Bonchev–Trinajstić information content (AvgIpc) is 3.24. The van der Waals surface area contributed by atoms with E-state index in [4.69, 9.17) is 16.3 Å². The second-order valence-electron chi connectivity index (χ2n) is 4.97. The molecule has 1 heterocycles. The van der Waals surface area contributed by atoms with Crippen molar-refractivity contribution >= 4 is 28.5 Å². The highest BCUT2D eigenvalue weighted by Gasteiger charge is 2.25. The number of aromatic nitrogens is 1. The SMILES string of the molecule is CCOC(=O)c1cc(=O)c2cc(C3CC3)cc(Cl)c2[nH]1. The summed E-state index contributed by atoms with van der Waals surface area (Å²) in [5.74, 6) is -0.0325. The zero-order valence-electron chi connectivity index (χ0n) is 11.0. The Morgan fingerprint density at radius 1 is 1.40 bits per heavy atom. The number of pyridine rings is 1. The Labute approximate surface area is 120 Å². The predicted molar refractivity (Wildman–Crippen MR) is 77.5 cm³/mol. The van der Waals surface area contributed by atoms with E-state index in [1.165, 1.54) is 6.07 Å². The van der Waals surface area contributed by atoms with Crippen molar-refractivity contribution in [2.75, 3.05) is 6.61 Å². The molecule has 1 aliphatic carbocycles. The van der Waals surface area contributed by atoms with Crippen molar-refractivity contribution in [1.29, 1.82) is 0 Å². The summed E-state index contributed by atoms with van der Waals surface area (Å²) in [7, 11) is 0. The summed E-state index contributed by atoms with van der Waals surface area (Å²) in [5.41, 5.74) is 1.50. The van der Waals surface area contributed by atoms with Crippen LogP contribution in [0.2, 0.25) is 5.02 Å². The number of fused-ring (bicyclic) bond motifs is 1. The van der Waals surface area contributed by atoms with E-state index in [0.717, 1.165) is 18.4 Å². The molecule has 0 unspecified atom stereocenters. The van der Waals surface area contributed by atoms with Gasteiger partial charge in [0.15, 0.2) is 5.43 Å². The minimum Gasteiger partial charge on any atom is -0.461 e. The maximum Gasteiger partial charge on any atom is 0.354 e. The highest BCUT2D eigenvalue weighted by molar-refractivity contribution is 6.35. The molecule has 1 fully saturated rings. The molecule has 1 aliphatic rings. The molecule has 0 amide bonds. The van der Waals surface area contributed by atoms with Crippen molar-refractivity contribution in [3.05, 3.63) is 44.7 Å². The molecule has 0 atom stereocenters. The van der Waals surface area contributed by atoms with E-state index < -0.39 is 5.97 Å². The van der Waals surface area contributed by atoms with Crippen LogP contribution in [0.1, 0.15) is 41.7 Å². The molecule has 1 N–H and O–H groups in total. The molecule has 1 saturated carbocycles. The summed E-state index contributed by atoms with van der Waals surface area (Å²) in [6.45, 7) is 1.97. The maximum absolute atomic E-state index is 12.2. The van der Waals surface area contributed by atoms with Crippen molar-refractivity contribution in [3.63, 3.8) is 0 Å². The number of benzene rings is 1. The van der Waals surface area contributed by atoms with Gasteiger partial charge in [0.25, 0.3) is 0 Å². The lowest BCUT2D eigenvalue weighted by Crippen LogP contribution is -2.13. The standard InChI is InChI=1S/C15H14ClNO3/c1-2-20-15(19)12-7-13(18)10-5-9(8-3-4-8)6-11(16)14(10)17-12/h5-8H,2-4H2,1H3,(H,17,18). The molecule has 104 valence electrons. The molecule has 5 heteroatoms. The van der Waals surface area contributed by atoms with Gasteiger partial charge in [-0.25, -0.2) is 4.79 Å². The number of ether oxygens (including phenoxy) is 1. The Hall–Kier alpha value is -1.81. The van der Waals surface area contributed by atoms with Crippen LogP contribution in [0, 0.1) is 0 Å². The van der Waals surface area contributed by atoms with Crippen molar-refractivity contribution in [1.82, 2.24) is 4.98 Å². The number of aromatic amines is 1. The summed E-state index contributed by atoms with van der Waals surface area (Å²) < 4.78 is 4.89. The Kier molecular flexibility index (Phi) is 3.26. The lowest BCUT2D eigenvalue weighted by Gasteiger charge is -2.07. The highest BCUT2D eigenvalue weighted by atomic mass is 35.5. The van der Waals surface area contributed by atoms with Gasteiger partial charge >= 0.3 is 5.97 Å². The van der Waals surface area contributed by atoms with Crippen LogP contribution < -0.4 is 5.43 Å². The van der Waals surface area contributed by atoms with Gasteiger partial charge in [-0.1, -0.05) is 11.6 Å². The van der Waals surface area contributed by atoms with E-state index in [1.807, 2.05) is 12.1 Å². The van der Waals surface area contributed by atoms with Crippen molar-refractivity contribution in [3.8, 4) is 0 Å². The fourth-order valence-electron chi connectivity index (χ4n) is 2.30. The lowest BCUT2D eigenvalue weighted by molar-refractivity contribution is 0.0520. The molecular weight excluding hydrogens is 278 g/mol. The molecule has 1 aromatic heterocycles. The van der Waals surface area contributed by atoms with Gasteiger partial charge in [0, 0.05) is 11.5 Å². The Balaban J connectivity index is 2.16. The smallest absolute Gasteiger partial charge is 0.354 e. The molecule has 3 rings (SSSR count). The maximum atomic E-state index is 12.2. The molecule has 20 heavy (non-hydrogen) atoms. The third-order valence-electron chi connectivity index (χ3n) is 3.46. The zero-order chi connectivity index (χ0) is 14.3. The van der Waals surface area contributed by atoms with E-state index in [1.54, 1.807) is 6.92 Å². The molecular formula is C15H14ClNO3. The monoisotopic (exact) mass is 291 g/mol. The van der Waals surface area contributed by atoms with Crippen molar-refractivity contribution < 1.29 is 9.53 Å². The Bertz CT molecular complexity index is 747. The van der Waals surface area contributed by atoms with Gasteiger partial charge in [-0.15, -0.1) is 0 Å². The van der Waals surface area contributed by atoms with E-state index in [-0.39, 0.29) is 17.7 Å². The largest absolute Gasteiger partial charge is 0.461 e. The molecule has 0 bridgehead atoms. The molecule has 2 aromatic rings. The van der Waals surface area contributed by atoms with Crippen LogP contribution in [0.15, 0.2) is 23.0 Å². The molecule has 0 spiro atoms. The van der Waals surface area contributed by atoms with Crippen molar-refractivity contribution in [2.24, 2.45) is 0 Å². The fourth-order valence-corrected chi connectivity index (χ4v) is 2.57. The van der Waals surface area contributed by atoms with Crippen LogP contribution in [0.5, 0.6) is 0 Å². The second kappa shape index (κ2) is 4.94. The second-order valence-corrected chi connectivity index (χ2v) is 5.37. The van der Waals surface area contributed by atoms with E-state index >= 15 is 0 Å². The fraction of sp³-hybridized carbons (Fsp3) is 0.333. The number of carbonyl (C=O) groups excluding carboxylic acids is 1. The summed E-state index contributed by atoms with van der Waals surface area (Å²) >= 11 is 6.24. The molecule has 4 nitrogen and oxygen atoms in total. The summed E-state index contributed by atoms with van der Waals surface area (Å²) in [6, 6.07) is 5.01. The lowest BCUT2D eigenvalue weighted by atomic mass is 10.1. The number of halogens is 1. The van der Waals surface area contributed by atoms with Crippen LogP contribution in [0.25, 0.3) is 10.9 Å².